The number of carbonyl (C=O) groups excluding carboxylic acids is 2. The first-order valence-corrected chi connectivity index (χ1v) is 9.63. The highest BCUT2D eigenvalue weighted by molar-refractivity contribution is 5.93. The average molecular weight is 396 g/mol. The Kier molecular flexibility index (Phi) is 4.10. The molecule has 0 radical (unpaired) electrons. The number of carbonyl (C=O) groups is 2. The molecule has 1 aromatic carbocycles. The fourth-order valence-corrected chi connectivity index (χ4v) is 4.79. The Bertz CT molecular complexity index is 971. The number of benzene rings is 1. The number of rotatable bonds is 5. The van der Waals surface area contributed by atoms with E-state index in [0.29, 0.717) is 19.6 Å². The van der Waals surface area contributed by atoms with Gasteiger partial charge in [-0.1, -0.05) is 24.3 Å². The molecule has 2 unspecified atom stereocenters. The second-order valence-electron chi connectivity index (χ2n) is 8.05. The number of ether oxygens (including phenoxy) is 1. The predicted molar refractivity (Wildman–Crippen MR) is 101 cm³/mol. The van der Waals surface area contributed by atoms with E-state index in [-0.39, 0.29) is 23.7 Å². The highest BCUT2D eigenvalue weighted by Crippen LogP contribution is 2.52. The van der Waals surface area contributed by atoms with Crippen molar-refractivity contribution < 1.29 is 23.1 Å². The molecule has 5 rings (SSSR count). The van der Waals surface area contributed by atoms with Gasteiger partial charge in [0.1, 0.15) is 11.4 Å². The quantitative estimate of drug-likeness (QED) is 0.728. The standard InChI is InChI=1S/C22H21FN2O4/c1-24(10-15-7-9-28-12-15)20(26)18-17-6-8-22(29-17)13-25(21(27)19(18)22)11-14-2-4-16(23)5-3-14/h2-9,12,17-19H,10-11,13H2,1H3/t17-,18?,19?,22-/m0/s1. The van der Waals surface area contributed by atoms with Gasteiger partial charge in [0.25, 0.3) is 0 Å². The van der Waals surface area contributed by atoms with Crippen molar-refractivity contribution in [3.05, 3.63) is 72.0 Å². The lowest BCUT2D eigenvalue weighted by Gasteiger charge is -2.27. The largest absolute Gasteiger partial charge is 0.472 e. The van der Waals surface area contributed by atoms with E-state index in [9.17, 15) is 14.0 Å². The van der Waals surface area contributed by atoms with Crippen molar-refractivity contribution in [3.8, 4) is 0 Å². The number of fused-ring (bicyclic) bond motifs is 1. The first-order valence-electron chi connectivity index (χ1n) is 9.63. The van der Waals surface area contributed by atoms with E-state index in [0.717, 1.165) is 11.1 Å². The number of furan rings is 1. The third-order valence-electron chi connectivity index (χ3n) is 6.13. The Labute approximate surface area is 167 Å². The second kappa shape index (κ2) is 6.56. The zero-order valence-corrected chi connectivity index (χ0v) is 16.0. The summed E-state index contributed by atoms with van der Waals surface area (Å²) in [6, 6.07) is 7.92. The van der Waals surface area contributed by atoms with E-state index in [1.54, 1.807) is 41.5 Å². The molecule has 29 heavy (non-hydrogen) atoms. The first-order chi connectivity index (χ1) is 14.0. The molecule has 2 amide bonds. The van der Waals surface area contributed by atoms with Crippen LogP contribution in [0.5, 0.6) is 0 Å². The van der Waals surface area contributed by atoms with Gasteiger partial charge in [0, 0.05) is 25.7 Å². The van der Waals surface area contributed by atoms with Crippen molar-refractivity contribution in [3.63, 3.8) is 0 Å². The fourth-order valence-electron chi connectivity index (χ4n) is 4.79. The zero-order valence-electron chi connectivity index (χ0n) is 16.0. The van der Waals surface area contributed by atoms with E-state index < -0.39 is 17.4 Å². The maximum Gasteiger partial charge on any atom is 0.230 e. The van der Waals surface area contributed by atoms with Crippen LogP contribution in [0, 0.1) is 17.7 Å². The van der Waals surface area contributed by atoms with Gasteiger partial charge in [-0.2, -0.15) is 0 Å². The fraction of sp³-hybridized carbons (Fsp3) is 0.364. The lowest BCUT2D eigenvalue weighted by Crippen LogP contribution is -2.44. The van der Waals surface area contributed by atoms with Crippen molar-refractivity contribution in [2.75, 3.05) is 13.6 Å². The van der Waals surface area contributed by atoms with Crippen molar-refractivity contribution in [1.29, 1.82) is 0 Å². The molecule has 4 atom stereocenters. The van der Waals surface area contributed by atoms with Gasteiger partial charge in [0.05, 0.1) is 37.0 Å². The number of nitrogens with zero attached hydrogens (tertiary/aromatic N) is 2. The zero-order chi connectivity index (χ0) is 20.2. The second-order valence-corrected chi connectivity index (χ2v) is 8.05. The maximum absolute atomic E-state index is 13.2. The van der Waals surface area contributed by atoms with Crippen LogP contribution in [0.2, 0.25) is 0 Å². The molecular formula is C22H21FN2O4. The third-order valence-corrected chi connectivity index (χ3v) is 6.13. The molecular weight excluding hydrogens is 375 g/mol. The molecule has 2 fully saturated rings. The molecule has 3 aliphatic heterocycles. The van der Waals surface area contributed by atoms with E-state index in [1.807, 2.05) is 18.2 Å². The summed E-state index contributed by atoms with van der Waals surface area (Å²) in [5, 5.41) is 0. The minimum Gasteiger partial charge on any atom is -0.472 e. The molecule has 4 heterocycles. The molecule has 1 spiro atoms. The molecule has 0 saturated carbocycles. The Morgan fingerprint density at radius 1 is 1.28 bits per heavy atom. The van der Waals surface area contributed by atoms with Crippen LogP contribution in [-0.4, -0.2) is 46.9 Å². The summed E-state index contributed by atoms with van der Waals surface area (Å²) in [5.74, 6) is -1.58. The summed E-state index contributed by atoms with van der Waals surface area (Å²) in [4.78, 5) is 29.8. The molecule has 1 aromatic heterocycles. The topological polar surface area (TPSA) is 63.0 Å². The molecule has 0 N–H and O–H groups in total. The summed E-state index contributed by atoms with van der Waals surface area (Å²) in [6.07, 6.45) is 6.63. The molecule has 3 aliphatic rings. The molecule has 0 aliphatic carbocycles. The predicted octanol–water partition coefficient (Wildman–Crippen LogP) is 2.36. The Balaban J connectivity index is 1.36. The highest BCUT2D eigenvalue weighted by Gasteiger charge is 2.67. The van der Waals surface area contributed by atoms with E-state index in [1.165, 1.54) is 12.1 Å². The van der Waals surface area contributed by atoms with E-state index in [2.05, 4.69) is 0 Å². The van der Waals surface area contributed by atoms with Gasteiger partial charge in [-0.05, 0) is 23.8 Å². The van der Waals surface area contributed by atoms with Gasteiger partial charge in [-0.25, -0.2) is 4.39 Å². The molecule has 7 heteroatoms. The summed E-state index contributed by atoms with van der Waals surface area (Å²) >= 11 is 0. The van der Waals surface area contributed by atoms with Gasteiger partial charge in [0.15, 0.2) is 0 Å². The van der Waals surface area contributed by atoms with Crippen LogP contribution in [0.1, 0.15) is 11.1 Å². The third kappa shape index (κ3) is 2.88. The number of hydrogen-bond acceptors (Lipinski definition) is 4. The van der Waals surface area contributed by atoms with Crippen LogP contribution in [-0.2, 0) is 27.4 Å². The van der Waals surface area contributed by atoms with Crippen molar-refractivity contribution in [2.24, 2.45) is 11.8 Å². The summed E-state index contributed by atoms with van der Waals surface area (Å²) in [6.45, 7) is 1.18. The molecule has 2 saturated heterocycles. The summed E-state index contributed by atoms with van der Waals surface area (Å²) in [7, 11) is 1.73. The van der Waals surface area contributed by atoms with Gasteiger partial charge < -0.3 is 19.0 Å². The highest BCUT2D eigenvalue weighted by atomic mass is 19.1. The number of hydrogen-bond donors (Lipinski definition) is 0. The van der Waals surface area contributed by atoms with Gasteiger partial charge in [0.2, 0.25) is 11.8 Å². The maximum atomic E-state index is 13.2. The van der Waals surface area contributed by atoms with Crippen LogP contribution in [0.25, 0.3) is 0 Å². The first kappa shape index (κ1) is 18.1. The van der Waals surface area contributed by atoms with Crippen LogP contribution >= 0.6 is 0 Å². The van der Waals surface area contributed by atoms with Crippen molar-refractivity contribution >= 4 is 11.8 Å². The van der Waals surface area contributed by atoms with Crippen LogP contribution in [0.15, 0.2) is 59.4 Å². The number of amides is 2. The molecule has 2 aromatic rings. The van der Waals surface area contributed by atoms with Crippen molar-refractivity contribution in [2.45, 2.75) is 24.8 Å². The van der Waals surface area contributed by atoms with Crippen molar-refractivity contribution in [1.82, 2.24) is 9.80 Å². The molecule has 150 valence electrons. The Morgan fingerprint density at radius 2 is 2.07 bits per heavy atom. The average Bonchev–Trinajstić information content (AvgIpc) is 3.46. The number of likely N-dealkylation sites (tertiary alicyclic amines) is 1. The molecule has 6 nitrogen and oxygen atoms in total. The lowest BCUT2D eigenvalue weighted by atomic mass is 9.76. The monoisotopic (exact) mass is 396 g/mol. The van der Waals surface area contributed by atoms with Gasteiger partial charge in [-0.3, -0.25) is 9.59 Å². The van der Waals surface area contributed by atoms with Gasteiger partial charge in [-0.15, -0.1) is 0 Å². The summed E-state index contributed by atoms with van der Waals surface area (Å²) in [5.41, 5.74) is 0.985. The number of halogens is 1. The van der Waals surface area contributed by atoms with Crippen LogP contribution < -0.4 is 0 Å². The van der Waals surface area contributed by atoms with Gasteiger partial charge >= 0.3 is 0 Å². The van der Waals surface area contributed by atoms with Crippen LogP contribution in [0.3, 0.4) is 0 Å². The Hall–Kier alpha value is -2.93. The normalized spacial score (nSPS) is 29.5. The SMILES string of the molecule is CN(Cc1ccoc1)C(=O)C1C2C(=O)N(Cc3ccc(F)cc3)C[C@@]23C=C[C@@H]1O3. The van der Waals surface area contributed by atoms with Crippen LogP contribution in [0.4, 0.5) is 4.39 Å². The minimum atomic E-state index is -0.751. The molecule has 2 bridgehead atoms. The lowest BCUT2D eigenvalue weighted by molar-refractivity contribution is -0.142. The van der Waals surface area contributed by atoms with E-state index in [4.69, 9.17) is 9.15 Å². The minimum absolute atomic E-state index is 0.0868. The van der Waals surface area contributed by atoms with E-state index >= 15 is 0 Å². The Morgan fingerprint density at radius 3 is 2.79 bits per heavy atom. The summed E-state index contributed by atoms with van der Waals surface area (Å²) < 4.78 is 24.4. The smallest absolute Gasteiger partial charge is 0.230 e.